The summed E-state index contributed by atoms with van der Waals surface area (Å²) in [5.74, 6) is -3.03. The Morgan fingerprint density at radius 2 is 1.33 bits per heavy atom. The van der Waals surface area contributed by atoms with Gasteiger partial charge in [-0.05, 0) is 12.1 Å². The van der Waals surface area contributed by atoms with Gasteiger partial charge in [-0.25, -0.2) is 9.59 Å². The van der Waals surface area contributed by atoms with Gasteiger partial charge in [0.1, 0.15) is 0 Å². The Hall–Kier alpha value is -2.28. The Morgan fingerprint density at radius 1 is 1.06 bits per heavy atom. The molecule has 0 aromatic heterocycles. The number of nitrogens with two attached hydrogens (primary N) is 1. The van der Waals surface area contributed by atoms with Crippen LogP contribution in [0.2, 0.25) is 0 Å². The molecule has 96 valence electrons. The number of benzene rings is 1. The summed E-state index contributed by atoms with van der Waals surface area (Å²) >= 11 is 3.52. The molecule has 1 amide bonds. The van der Waals surface area contributed by atoms with Gasteiger partial charge in [-0.15, -0.1) is 12.6 Å². The van der Waals surface area contributed by atoms with Gasteiger partial charge in [0.15, 0.2) is 0 Å². The lowest BCUT2D eigenvalue weighted by molar-refractivity contribution is -0.113. The van der Waals surface area contributed by atoms with Crippen LogP contribution in [0.15, 0.2) is 35.7 Å². The van der Waals surface area contributed by atoms with Crippen molar-refractivity contribution in [1.82, 2.24) is 0 Å². The molecule has 0 saturated heterocycles. The zero-order chi connectivity index (χ0) is 14.3. The number of hydrogen-bond donors (Lipinski definition) is 4. The fourth-order valence-electron chi connectivity index (χ4n) is 0.856. The normalized spacial score (nSPS) is 8.72. The number of primary amides is 1. The maximum atomic E-state index is 10.5. The highest BCUT2D eigenvalue weighted by molar-refractivity contribution is 7.85. The first-order valence-corrected chi connectivity index (χ1v) is 4.95. The summed E-state index contributed by atoms with van der Waals surface area (Å²) < 4.78 is 0. The van der Waals surface area contributed by atoms with Crippen LogP contribution in [0.4, 0.5) is 0 Å². The molecule has 0 bridgehead atoms. The molecule has 0 aliphatic carbocycles. The monoisotopic (exact) mass is 269 g/mol. The highest BCUT2D eigenvalue weighted by Crippen LogP contribution is 2.07. The summed E-state index contributed by atoms with van der Waals surface area (Å²) in [5, 5.41) is 17.1. The largest absolute Gasteiger partial charge is 0.478 e. The lowest BCUT2D eigenvalue weighted by atomic mass is 10.1. The van der Waals surface area contributed by atoms with Crippen molar-refractivity contribution >= 4 is 30.5 Å². The molecule has 1 aromatic rings. The maximum absolute atomic E-state index is 10.5. The van der Waals surface area contributed by atoms with E-state index in [4.69, 9.17) is 10.2 Å². The molecule has 0 spiro atoms. The van der Waals surface area contributed by atoms with Gasteiger partial charge >= 0.3 is 11.9 Å². The minimum atomic E-state index is -1.23. The van der Waals surface area contributed by atoms with E-state index in [2.05, 4.69) is 24.9 Å². The summed E-state index contributed by atoms with van der Waals surface area (Å²) in [6, 6.07) is 5.48. The van der Waals surface area contributed by atoms with Crippen LogP contribution in [0.25, 0.3) is 0 Å². The van der Waals surface area contributed by atoms with Gasteiger partial charge in [0.25, 0.3) is 5.91 Å². The average molecular weight is 269 g/mol. The molecule has 1 aromatic carbocycles. The fraction of sp³-hybridized carbons (Fsp3) is 0. The molecule has 0 saturated carbocycles. The van der Waals surface area contributed by atoms with Crippen molar-refractivity contribution in [2.24, 2.45) is 5.73 Å². The van der Waals surface area contributed by atoms with Crippen LogP contribution in [0, 0.1) is 0 Å². The first-order chi connectivity index (χ1) is 8.27. The zero-order valence-corrected chi connectivity index (χ0v) is 10.1. The van der Waals surface area contributed by atoms with E-state index in [0.29, 0.717) is 0 Å². The van der Waals surface area contributed by atoms with Crippen molar-refractivity contribution in [2.75, 3.05) is 0 Å². The number of aromatic carboxylic acids is 2. The van der Waals surface area contributed by atoms with Crippen LogP contribution in [-0.2, 0) is 4.79 Å². The van der Waals surface area contributed by atoms with Crippen molar-refractivity contribution in [2.45, 2.75) is 0 Å². The highest BCUT2D eigenvalue weighted by Gasteiger charge is 2.13. The summed E-state index contributed by atoms with van der Waals surface area (Å²) in [6.45, 7) is 3.14. The van der Waals surface area contributed by atoms with Gasteiger partial charge in [0.05, 0.1) is 16.0 Å². The SMILES string of the molecule is C=C(S)C(N)=O.O=C(O)c1ccccc1C(=O)O. The van der Waals surface area contributed by atoms with E-state index in [1.807, 2.05) is 0 Å². The Morgan fingerprint density at radius 3 is 1.50 bits per heavy atom. The maximum Gasteiger partial charge on any atom is 0.336 e. The summed E-state index contributed by atoms with van der Waals surface area (Å²) in [4.78, 5) is 30.8. The summed E-state index contributed by atoms with van der Waals surface area (Å²) in [5.41, 5.74) is 4.24. The number of carboxylic acids is 2. The van der Waals surface area contributed by atoms with Crippen molar-refractivity contribution < 1.29 is 24.6 Å². The van der Waals surface area contributed by atoms with E-state index in [1.165, 1.54) is 24.3 Å². The quantitative estimate of drug-likeness (QED) is 0.482. The zero-order valence-electron chi connectivity index (χ0n) is 9.16. The molecule has 0 heterocycles. The molecule has 4 N–H and O–H groups in total. The number of carbonyl (C=O) groups is 3. The molecule has 0 aliphatic rings. The number of thiol groups is 1. The van der Waals surface area contributed by atoms with Gasteiger partial charge in [-0.3, -0.25) is 4.79 Å². The molecule has 0 unspecified atom stereocenters. The molecule has 0 atom stereocenters. The van der Waals surface area contributed by atoms with Crippen molar-refractivity contribution in [3.63, 3.8) is 0 Å². The van der Waals surface area contributed by atoms with Crippen LogP contribution in [0.5, 0.6) is 0 Å². The smallest absolute Gasteiger partial charge is 0.336 e. The molecule has 7 heteroatoms. The van der Waals surface area contributed by atoms with Crippen molar-refractivity contribution in [3.8, 4) is 0 Å². The van der Waals surface area contributed by atoms with E-state index < -0.39 is 17.8 Å². The van der Waals surface area contributed by atoms with E-state index in [1.54, 1.807) is 0 Å². The first-order valence-electron chi connectivity index (χ1n) is 4.50. The standard InChI is InChI=1S/C8H6O4.C3H5NOS/c9-7(10)5-3-1-2-4-6(5)8(11)12;1-2(6)3(4)5/h1-4H,(H,9,10)(H,11,12);6H,1H2,(H2,4,5). The Labute approximate surface area is 108 Å². The molecule has 18 heavy (non-hydrogen) atoms. The average Bonchev–Trinajstić information content (AvgIpc) is 2.29. The number of amides is 1. The van der Waals surface area contributed by atoms with Crippen molar-refractivity contribution in [1.29, 1.82) is 0 Å². The number of hydrogen-bond acceptors (Lipinski definition) is 4. The van der Waals surface area contributed by atoms with Gasteiger partial charge < -0.3 is 15.9 Å². The Kier molecular flexibility index (Phi) is 6.22. The first kappa shape index (κ1) is 15.7. The van der Waals surface area contributed by atoms with Crippen molar-refractivity contribution in [3.05, 3.63) is 46.9 Å². The summed E-state index contributed by atoms with van der Waals surface area (Å²) in [6.07, 6.45) is 0. The highest BCUT2D eigenvalue weighted by atomic mass is 32.1. The van der Waals surface area contributed by atoms with E-state index in [-0.39, 0.29) is 16.0 Å². The van der Waals surface area contributed by atoms with Crippen LogP contribution in [0.3, 0.4) is 0 Å². The van der Waals surface area contributed by atoms with Crippen LogP contribution in [-0.4, -0.2) is 28.1 Å². The second-order valence-electron chi connectivity index (χ2n) is 2.97. The molecular formula is C11H11NO5S. The van der Waals surface area contributed by atoms with Crippen LogP contribution in [0.1, 0.15) is 20.7 Å². The van der Waals surface area contributed by atoms with Crippen LogP contribution >= 0.6 is 12.6 Å². The molecule has 0 radical (unpaired) electrons. The van der Waals surface area contributed by atoms with E-state index >= 15 is 0 Å². The number of rotatable bonds is 3. The minimum Gasteiger partial charge on any atom is -0.478 e. The van der Waals surface area contributed by atoms with Crippen LogP contribution < -0.4 is 5.73 Å². The predicted octanol–water partition coefficient (Wildman–Crippen LogP) is 0.998. The second kappa shape index (κ2) is 7.13. The van der Waals surface area contributed by atoms with Gasteiger partial charge in [-0.1, -0.05) is 18.7 Å². The summed E-state index contributed by atoms with van der Waals surface area (Å²) in [7, 11) is 0. The topological polar surface area (TPSA) is 118 Å². The van der Waals surface area contributed by atoms with E-state index in [9.17, 15) is 14.4 Å². The van der Waals surface area contributed by atoms with Gasteiger partial charge in [0, 0.05) is 0 Å². The Bertz CT molecular complexity index is 453. The van der Waals surface area contributed by atoms with E-state index in [0.717, 1.165) is 0 Å². The fourth-order valence-corrected chi connectivity index (χ4v) is 0.856. The predicted molar refractivity (Wildman–Crippen MR) is 67.7 cm³/mol. The minimum absolute atomic E-state index is 0.0926. The molecule has 0 aliphatic heterocycles. The molecule has 0 fully saturated rings. The van der Waals surface area contributed by atoms with Gasteiger partial charge in [-0.2, -0.15) is 0 Å². The number of carboxylic acid groups (broad SMARTS) is 2. The third-order valence-corrected chi connectivity index (χ3v) is 1.89. The third kappa shape index (κ3) is 5.17. The second-order valence-corrected chi connectivity index (χ2v) is 3.51. The van der Waals surface area contributed by atoms with Gasteiger partial charge in [0.2, 0.25) is 0 Å². The lowest BCUT2D eigenvalue weighted by Crippen LogP contribution is -2.08. The molecular weight excluding hydrogens is 258 g/mol. The number of carbonyl (C=O) groups excluding carboxylic acids is 1. The molecule has 1 rings (SSSR count). The third-order valence-electron chi connectivity index (χ3n) is 1.67. The Balaban J connectivity index is 0.000000411. The lowest BCUT2D eigenvalue weighted by Gasteiger charge is -1.98. The molecule has 6 nitrogen and oxygen atoms in total.